The van der Waals surface area contributed by atoms with E-state index in [1.54, 1.807) is 47.8 Å². The summed E-state index contributed by atoms with van der Waals surface area (Å²) in [5.41, 5.74) is 7.71. The third-order valence-electron chi connectivity index (χ3n) is 5.05. The quantitative estimate of drug-likeness (QED) is 0.234. The SMILES string of the molecule is COc1ccc(-c2cnccnccn2Nc2ccc(NCCCNCCS)c(C)c2)cc1F. The van der Waals surface area contributed by atoms with Crippen LogP contribution in [-0.2, 0) is 0 Å². The second kappa shape index (κ2) is 13.4. The molecule has 0 aliphatic heterocycles. The largest absolute Gasteiger partial charge is 0.494 e. The molecule has 0 bridgehead atoms. The number of nitrogens with zero attached hydrogens (tertiary/aromatic N) is 3. The maximum Gasteiger partial charge on any atom is 0.165 e. The fraction of sp³-hybridized carbons (Fsp3) is 0.280. The summed E-state index contributed by atoms with van der Waals surface area (Å²) in [6.45, 7) is 4.82. The summed E-state index contributed by atoms with van der Waals surface area (Å²) in [4.78, 5) is 8.44. The van der Waals surface area contributed by atoms with Crippen LogP contribution in [0.4, 0.5) is 15.8 Å². The Balaban J connectivity index is 1.83. The molecule has 180 valence electrons. The van der Waals surface area contributed by atoms with Gasteiger partial charge in [0.05, 0.1) is 24.7 Å². The topological polar surface area (TPSA) is 76.0 Å². The lowest BCUT2D eigenvalue weighted by molar-refractivity contribution is 0.386. The molecule has 0 atom stereocenters. The van der Waals surface area contributed by atoms with Gasteiger partial charge in [-0.15, -0.1) is 0 Å². The molecular weight excluding hydrogens is 451 g/mol. The van der Waals surface area contributed by atoms with Crippen molar-refractivity contribution in [3.63, 3.8) is 0 Å². The van der Waals surface area contributed by atoms with Crippen LogP contribution in [0.15, 0.2) is 67.4 Å². The standard InChI is InChI=1S/C25H31FN6OS/c1-19-16-21(5-6-23(19)30-9-3-8-27-13-15-34)31-32-14-12-28-10-11-29-18-24(32)20-4-7-25(33-2)22(26)17-20/h4-7,10-12,14,16-18,27,30-31,34H,3,8-9,13,15H2,1-2H3. The molecule has 1 aromatic heterocycles. The van der Waals surface area contributed by atoms with E-state index in [1.165, 1.54) is 13.2 Å². The summed E-state index contributed by atoms with van der Waals surface area (Å²) in [7, 11) is 1.44. The van der Waals surface area contributed by atoms with Gasteiger partial charge in [0, 0.05) is 54.9 Å². The van der Waals surface area contributed by atoms with E-state index in [2.05, 4.69) is 51.6 Å². The summed E-state index contributed by atoms with van der Waals surface area (Å²) in [5.74, 6) is 0.582. The summed E-state index contributed by atoms with van der Waals surface area (Å²) >= 11 is 4.20. The molecule has 0 spiro atoms. The van der Waals surface area contributed by atoms with E-state index in [1.807, 2.05) is 12.1 Å². The molecule has 0 aliphatic rings. The van der Waals surface area contributed by atoms with Crippen LogP contribution >= 0.6 is 12.6 Å². The summed E-state index contributed by atoms with van der Waals surface area (Å²) in [6, 6.07) is 10.9. The molecule has 0 fully saturated rings. The van der Waals surface area contributed by atoms with Gasteiger partial charge in [-0.3, -0.25) is 20.1 Å². The minimum Gasteiger partial charge on any atom is -0.494 e. The molecule has 0 radical (unpaired) electrons. The van der Waals surface area contributed by atoms with Gasteiger partial charge in [0.15, 0.2) is 11.6 Å². The van der Waals surface area contributed by atoms with Gasteiger partial charge in [-0.05, 0) is 61.9 Å². The molecule has 34 heavy (non-hydrogen) atoms. The fourth-order valence-electron chi connectivity index (χ4n) is 3.34. The zero-order chi connectivity index (χ0) is 24.2. The molecule has 3 aromatic rings. The normalized spacial score (nSPS) is 10.5. The summed E-state index contributed by atoms with van der Waals surface area (Å²) in [5, 5.41) is 6.82. The van der Waals surface area contributed by atoms with E-state index >= 15 is 0 Å². The molecule has 3 rings (SSSR count). The Bertz CT molecular complexity index is 1120. The predicted octanol–water partition coefficient (Wildman–Crippen LogP) is 4.72. The molecule has 7 nitrogen and oxygen atoms in total. The first kappa shape index (κ1) is 25.3. The zero-order valence-corrected chi connectivity index (χ0v) is 20.4. The van der Waals surface area contributed by atoms with Crippen LogP contribution in [-0.4, -0.2) is 47.1 Å². The van der Waals surface area contributed by atoms with Gasteiger partial charge >= 0.3 is 0 Å². The maximum absolute atomic E-state index is 14.4. The number of methoxy groups -OCH3 is 1. The van der Waals surface area contributed by atoms with Crippen molar-refractivity contribution in [2.24, 2.45) is 0 Å². The lowest BCUT2D eigenvalue weighted by atomic mass is 10.1. The van der Waals surface area contributed by atoms with Crippen molar-refractivity contribution in [2.45, 2.75) is 13.3 Å². The Morgan fingerprint density at radius 2 is 1.88 bits per heavy atom. The Labute approximate surface area is 205 Å². The lowest BCUT2D eigenvalue weighted by Gasteiger charge is -2.17. The van der Waals surface area contributed by atoms with Crippen LogP contribution in [0.3, 0.4) is 0 Å². The number of aromatic nitrogens is 3. The Morgan fingerprint density at radius 3 is 2.65 bits per heavy atom. The van der Waals surface area contributed by atoms with E-state index in [4.69, 9.17) is 4.74 Å². The second-order valence-electron chi connectivity index (χ2n) is 7.52. The second-order valence-corrected chi connectivity index (χ2v) is 7.97. The van der Waals surface area contributed by atoms with Gasteiger partial charge < -0.3 is 15.4 Å². The van der Waals surface area contributed by atoms with Crippen molar-refractivity contribution in [3.05, 3.63) is 78.8 Å². The highest BCUT2D eigenvalue weighted by Gasteiger charge is 2.09. The van der Waals surface area contributed by atoms with E-state index in [9.17, 15) is 4.39 Å². The molecular formula is C25H31FN6OS. The minimum absolute atomic E-state index is 0.186. The fourth-order valence-corrected chi connectivity index (χ4v) is 3.49. The van der Waals surface area contributed by atoms with E-state index in [0.717, 1.165) is 48.7 Å². The van der Waals surface area contributed by atoms with Gasteiger partial charge in [-0.25, -0.2) is 4.39 Å². The molecule has 2 aromatic carbocycles. The van der Waals surface area contributed by atoms with Crippen molar-refractivity contribution >= 4 is 24.0 Å². The molecule has 0 unspecified atom stereocenters. The van der Waals surface area contributed by atoms with Crippen LogP contribution in [0.1, 0.15) is 12.0 Å². The molecule has 0 saturated carbocycles. The van der Waals surface area contributed by atoms with Gasteiger partial charge in [-0.1, -0.05) is 0 Å². The van der Waals surface area contributed by atoms with Gasteiger partial charge in [0.2, 0.25) is 0 Å². The highest BCUT2D eigenvalue weighted by molar-refractivity contribution is 7.80. The van der Waals surface area contributed by atoms with Crippen LogP contribution in [0.25, 0.3) is 11.3 Å². The van der Waals surface area contributed by atoms with Crippen LogP contribution in [0.2, 0.25) is 0 Å². The number of ether oxygens (including phenoxy) is 1. The van der Waals surface area contributed by atoms with Crippen LogP contribution < -0.4 is 20.8 Å². The molecule has 3 N–H and O–H groups in total. The molecule has 0 aliphatic carbocycles. The Morgan fingerprint density at radius 1 is 1.03 bits per heavy atom. The molecule has 0 saturated heterocycles. The highest BCUT2D eigenvalue weighted by atomic mass is 32.1. The highest BCUT2D eigenvalue weighted by Crippen LogP contribution is 2.26. The smallest absolute Gasteiger partial charge is 0.165 e. The van der Waals surface area contributed by atoms with E-state index in [0.29, 0.717) is 11.3 Å². The monoisotopic (exact) mass is 482 g/mol. The Hall–Kier alpha value is -3.30. The van der Waals surface area contributed by atoms with Crippen molar-refractivity contribution in [1.29, 1.82) is 0 Å². The predicted molar refractivity (Wildman–Crippen MR) is 140 cm³/mol. The average molecular weight is 483 g/mol. The third-order valence-corrected chi connectivity index (χ3v) is 5.28. The van der Waals surface area contributed by atoms with Crippen molar-refractivity contribution in [2.75, 3.05) is 43.2 Å². The zero-order valence-electron chi connectivity index (χ0n) is 19.5. The number of hydrogen-bond acceptors (Lipinski definition) is 7. The van der Waals surface area contributed by atoms with Gasteiger partial charge in [0.1, 0.15) is 0 Å². The third kappa shape index (κ3) is 7.36. The number of halogens is 1. The summed E-state index contributed by atoms with van der Waals surface area (Å²) < 4.78 is 21.2. The van der Waals surface area contributed by atoms with Crippen LogP contribution in [0, 0.1) is 12.7 Å². The number of hydrogen-bond donors (Lipinski definition) is 4. The number of anilines is 2. The first-order valence-electron chi connectivity index (χ1n) is 11.1. The van der Waals surface area contributed by atoms with Crippen molar-refractivity contribution in [1.82, 2.24) is 20.0 Å². The molecule has 1 heterocycles. The molecule has 9 heteroatoms. The molecule has 0 amide bonds. The summed E-state index contributed by atoms with van der Waals surface area (Å²) in [6.07, 6.45) is 9.24. The van der Waals surface area contributed by atoms with E-state index in [-0.39, 0.29) is 5.75 Å². The number of aryl methyl sites for hydroxylation is 1. The Kier molecular flexibility index (Phi) is 9.99. The average Bonchev–Trinajstić information content (AvgIpc) is 2.94. The lowest BCUT2D eigenvalue weighted by Crippen LogP contribution is -2.20. The van der Waals surface area contributed by atoms with Gasteiger partial charge in [0.25, 0.3) is 0 Å². The van der Waals surface area contributed by atoms with E-state index < -0.39 is 5.82 Å². The minimum atomic E-state index is -0.447. The first-order valence-corrected chi connectivity index (χ1v) is 11.7. The number of thiol groups is 1. The van der Waals surface area contributed by atoms with Crippen molar-refractivity contribution in [3.8, 4) is 17.0 Å². The maximum atomic E-state index is 14.4. The van der Waals surface area contributed by atoms with Crippen molar-refractivity contribution < 1.29 is 9.13 Å². The first-order chi connectivity index (χ1) is 16.6. The van der Waals surface area contributed by atoms with Crippen LogP contribution in [0.5, 0.6) is 5.75 Å². The van der Waals surface area contributed by atoms with Gasteiger partial charge in [-0.2, -0.15) is 12.6 Å². The number of nitrogens with one attached hydrogen (secondary N) is 3. The number of benzene rings is 2. The number of rotatable bonds is 11.